The summed E-state index contributed by atoms with van der Waals surface area (Å²) in [6.45, 7) is 2.31. The SMILES string of the molecule is COc1ccc(CNC(=O)C2(OC)CCC(n3nc(Nc4cc(C)[nH]n4)c4ccccc4c3=O)CC2)cc1. The first-order chi connectivity index (χ1) is 18.4. The van der Waals surface area contributed by atoms with Gasteiger partial charge in [0.15, 0.2) is 11.6 Å². The highest BCUT2D eigenvalue weighted by molar-refractivity contribution is 5.92. The first kappa shape index (κ1) is 25.5. The van der Waals surface area contributed by atoms with Crippen LogP contribution in [-0.2, 0) is 16.1 Å². The number of benzene rings is 2. The molecular formula is C28H32N6O4. The van der Waals surface area contributed by atoms with E-state index in [4.69, 9.17) is 14.6 Å². The third-order valence-corrected chi connectivity index (χ3v) is 7.31. The Morgan fingerprint density at radius 3 is 2.45 bits per heavy atom. The summed E-state index contributed by atoms with van der Waals surface area (Å²) < 4.78 is 12.5. The summed E-state index contributed by atoms with van der Waals surface area (Å²) in [6, 6.07) is 16.7. The Morgan fingerprint density at radius 2 is 1.82 bits per heavy atom. The molecule has 10 nitrogen and oxygen atoms in total. The molecule has 4 aromatic rings. The predicted octanol–water partition coefficient (Wildman–Crippen LogP) is 4.00. The number of nitrogens with one attached hydrogen (secondary N) is 3. The fourth-order valence-corrected chi connectivity index (χ4v) is 5.07. The maximum Gasteiger partial charge on any atom is 0.275 e. The van der Waals surface area contributed by atoms with Gasteiger partial charge >= 0.3 is 0 Å². The van der Waals surface area contributed by atoms with Gasteiger partial charge in [0.25, 0.3) is 11.5 Å². The molecule has 1 aliphatic rings. The minimum Gasteiger partial charge on any atom is -0.497 e. The number of rotatable bonds is 8. The predicted molar refractivity (Wildman–Crippen MR) is 145 cm³/mol. The van der Waals surface area contributed by atoms with Gasteiger partial charge in [0.1, 0.15) is 11.4 Å². The van der Waals surface area contributed by atoms with Gasteiger partial charge in [-0.15, -0.1) is 0 Å². The molecular weight excluding hydrogens is 484 g/mol. The maximum atomic E-state index is 13.4. The molecule has 0 unspecified atom stereocenters. The van der Waals surface area contributed by atoms with Crippen molar-refractivity contribution in [1.29, 1.82) is 0 Å². The number of amides is 1. The number of fused-ring (bicyclic) bond motifs is 1. The largest absolute Gasteiger partial charge is 0.497 e. The molecule has 0 bridgehead atoms. The Kier molecular flexibility index (Phi) is 7.15. The number of anilines is 2. The molecule has 5 rings (SSSR count). The van der Waals surface area contributed by atoms with Crippen LogP contribution in [0.1, 0.15) is 43.0 Å². The lowest BCUT2D eigenvalue weighted by atomic mass is 9.81. The lowest BCUT2D eigenvalue weighted by Crippen LogP contribution is -2.51. The number of H-pyrrole nitrogens is 1. The molecule has 2 heterocycles. The second-order valence-corrected chi connectivity index (χ2v) is 9.67. The van der Waals surface area contributed by atoms with Gasteiger partial charge in [-0.2, -0.15) is 10.2 Å². The van der Waals surface area contributed by atoms with Crippen molar-refractivity contribution in [2.24, 2.45) is 0 Å². The minimum absolute atomic E-state index is 0.149. The highest BCUT2D eigenvalue weighted by Gasteiger charge is 2.43. The third kappa shape index (κ3) is 4.99. The van der Waals surface area contributed by atoms with Crippen LogP contribution in [0.3, 0.4) is 0 Å². The summed E-state index contributed by atoms with van der Waals surface area (Å²) >= 11 is 0. The zero-order chi connectivity index (χ0) is 26.7. The average Bonchev–Trinajstić information content (AvgIpc) is 3.38. The van der Waals surface area contributed by atoms with Gasteiger partial charge in [0, 0.05) is 30.8 Å². The van der Waals surface area contributed by atoms with Crippen LogP contribution in [0.4, 0.5) is 11.6 Å². The molecule has 1 amide bonds. The molecule has 1 saturated carbocycles. The van der Waals surface area contributed by atoms with Crippen LogP contribution in [0.5, 0.6) is 5.75 Å². The summed E-state index contributed by atoms with van der Waals surface area (Å²) in [6.07, 6.45) is 2.11. The van der Waals surface area contributed by atoms with Gasteiger partial charge in [0.2, 0.25) is 0 Å². The van der Waals surface area contributed by atoms with Crippen molar-refractivity contribution in [3.8, 4) is 5.75 Å². The Morgan fingerprint density at radius 1 is 1.11 bits per heavy atom. The number of carbonyl (C=O) groups excluding carboxylic acids is 1. The molecule has 2 aromatic heterocycles. The lowest BCUT2D eigenvalue weighted by molar-refractivity contribution is -0.148. The molecule has 3 N–H and O–H groups in total. The second-order valence-electron chi connectivity index (χ2n) is 9.67. The number of nitrogens with zero attached hydrogens (tertiary/aromatic N) is 3. The van der Waals surface area contributed by atoms with Gasteiger partial charge in [-0.1, -0.05) is 30.3 Å². The smallest absolute Gasteiger partial charge is 0.275 e. The summed E-state index contributed by atoms with van der Waals surface area (Å²) in [5, 5.41) is 19.5. The quantitative estimate of drug-likeness (QED) is 0.323. The summed E-state index contributed by atoms with van der Waals surface area (Å²) in [4.78, 5) is 26.7. The van der Waals surface area contributed by atoms with Gasteiger partial charge in [-0.05, 0) is 56.4 Å². The summed E-state index contributed by atoms with van der Waals surface area (Å²) in [7, 11) is 3.19. The van der Waals surface area contributed by atoms with E-state index in [9.17, 15) is 9.59 Å². The standard InChI is InChI=1S/C28H32N6O4/c1-18-16-24(32-31-18)30-25-22-6-4-5-7-23(22)26(35)34(33-25)20-12-14-28(38-3,15-13-20)27(36)29-17-19-8-10-21(37-2)11-9-19/h4-11,16,20H,12-15,17H2,1-3H3,(H,29,36)(H2,30,31,32,33). The van der Waals surface area contributed by atoms with E-state index in [0.717, 1.165) is 22.4 Å². The Hall–Kier alpha value is -4.18. The van der Waals surface area contributed by atoms with Gasteiger partial charge in [-0.3, -0.25) is 14.7 Å². The number of hydrogen-bond acceptors (Lipinski definition) is 7. The molecule has 198 valence electrons. The number of aromatic amines is 1. The molecule has 1 aliphatic carbocycles. The molecule has 0 atom stereocenters. The Bertz CT molecular complexity index is 1490. The fourth-order valence-electron chi connectivity index (χ4n) is 5.07. The average molecular weight is 517 g/mol. The van der Waals surface area contributed by atoms with E-state index < -0.39 is 5.60 Å². The number of methoxy groups -OCH3 is 2. The third-order valence-electron chi connectivity index (χ3n) is 7.31. The normalized spacial score (nSPS) is 19.3. The van der Waals surface area contributed by atoms with Crippen molar-refractivity contribution in [1.82, 2.24) is 25.3 Å². The molecule has 0 radical (unpaired) electrons. The topological polar surface area (TPSA) is 123 Å². The van der Waals surface area contributed by atoms with E-state index in [1.165, 1.54) is 0 Å². The molecule has 10 heteroatoms. The van der Waals surface area contributed by atoms with Crippen LogP contribution in [0.25, 0.3) is 10.8 Å². The van der Waals surface area contributed by atoms with Crippen LogP contribution in [-0.4, -0.2) is 45.7 Å². The second kappa shape index (κ2) is 10.7. The van der Waals surface area contributed by atoms with Gasteiger partial charge in [0.05, 0.1) is 18.5 Å². The Labute approximate surface area is 220 Å². The fraction of sp³-hybridized carbons (Fsp3) is 0.357. The van der Waals surface area contributed by atoms with Crippen molar-refractivity contribution < 1.29 is 14.3 Å². The van der Waals surface area contributed by atoms with Crippen LogP contribution in [0.2, 0.25) is 0 Å². The van der Waals surface area contributed by atoms with E-state index in [0.29, 0.717) is 49.2 Å². The van der Waals surface area contributed by atoms with Crippen molar-refractivity contribution in [2.45, 2.75) is 50.8 Å². The number of aryl methyl sites for hydroxylation is 1. The van der Waals surface area contributed by atoms with Crippen LogP contribution >= 0.6 is 0 Å². The minimum atomic E-state index is -0.947. The van der Waals surface area contributed by atoms with Crippen LogP contribution in [0, 0.1) is 6.92 Å². The molecule has 0 saturated heterocycles. The highest BCUT2D eigenvalue weighted by atomic mass is 16.5. The number of aromatic nitrogens is 4. The molecule has 1 fully saturated rings. The van der Waals surface area contributed by atoms with E-state index in [1.54, 1.807) is 18.9 Å². The van der Waals surface area contributed by atoms with Gasteiger partial charge < -0.3 is 20.1 Å². The van der Waals surface area contributed by atoms with Crippen molar-refractivity contribution >= 4 is 28.3 Å². The van der Waals surface area contributed by atoms with Crippen LogP contribution < -0.4 is 20.9 Å². The van der Waals surface area contributed by atoms with Crippen LogP contribution in [0.15, 0.2) is 59.4 Å². The van der Waals surface area contributed by atoms with Crippen molar-refractivity contribution in [2.75, 3.05) is 19.5 Å². The number of hydrogen-bond donors (Lipinski definition) is 3. The number of carbonyl (C=O) groups is 1. The molecule has 38 heavy (non-hydrogen) atoms. The molecule has 0 aliphatic heterocycles. The highest BCUT2D eigenvalue weighted by Crippen LogP contribution is 2.37. The zero-order valence-corrected chi connectivity index (χ0v) is 21.8. The first-order valence-corrected chi connectivity index (χ1v) is 12.7. The van der Waals surface area contributed by atoms with Crippen molar-refractivity contribution in [3.63, 3.8) is 0 Å². The Balaban J connectivity index is 1.33. The zero-order valence-electron chi connectivity index (χ0n) is 21.8. The van der Waals surface area contributed by atoms with E-state index in [-0.39, 0.29) is 17.5 Å². The lowest BCUT2D eigenvalue weighted by Gasteiger charge is -2.38. The van der Waals surface area contributed by atoms with E-state index >= 15 is 0 Å². The first-order valence-electron chi connectivity index (χ1n) is 12.7. The van der Waals surface area contributed by atoms with Gasteiger partial charge in [-0.25, -0.2) is 4.68 Å². The van der Waals surface area contributed by atoms with E-state index in [1.807, 2.05) is 61.5 Å². The molecule has 2 aromatic carbocycles. The van der Waals surface area contributed by atoms with E-state index in [2.05, 4.69) is 20.8 Å². The number of ether oxygens (including phenoxy) is 2. The summed E-state index contributed by atoms with van der Waals surface area (Å²) in [5.74, 6) is 1.81. The van der Waals surface area contributed by atoms with Crippen molar-refractivity contribution in [3.05, 3.63) is 76.2 Å². The summed E-state index contributed by atoms with van der Waals surface area (Å²) in [5.41, 5.74) is 0.789. The maximum absolute atomic E-state index is 13.4. The molecule has 0 spiro atoms. The monoisotopic (exact) mass is 516 g/mol.